The van der Waals surface area contributed by atoms with Gasteiger partial charge in [0.15, 0.2) is 5.79 Å². The average molecular weight is 435 g/mol. The topological polar surface area (TPSA) is 44.8 Å². The van der Waals surface area contributed by atoms with Crippen molar-refractivity contribution in [3.05, 3.63) is 69.8 Å². The van der Waals surface area contributed by atoms with Gasteiger partial charge in [-0.05, 0) is 60.7 Å². The molecule has 0 spiro atoms. The summed E-state index contributed by atoms with van der Waals surface area (Å²) >= 11 is 0. The van der Waals surface area contributed by atoms with Crippen LogP contribution in [0.15, 0.2) is 36.4 Å². The number of fused-ring (bicyclic) bond motifs is 2. The molecule has 32 heavy (non-hydrogen) atoms. The number of rotatable bonds is 3. The van der Waals surface area contributed by atoms with Crippen molar-refractivity contribution in [1.29, 1.82) is 0 Å². The molecule has 0 unspecified atom stereocenters. The molecule has 4 nitrogen and oxygen atoms in total. The first-order chi connectivity index (χ1) is 14.9. The molecule has 0 N–H and O–H groups in total. The minimum absolute atomic E-state index is 0.00844. The van der Waals surface area contributed by atoms with Gasteiger partial charge in [-0.25, -0.2) is 4.79 Å². The molecule has 2 aromatic rings. The van der Waals surface area contributed by atoms with Crippen LogP contribution in [0.2, 0.25) is 0 Å². The van der Waals surface area contributed by atoms with Crippen LogP contribution in [0.4, 0.5) is 0 Å². The third-order valence-electron chi connectivity index (χ3n) is 7.10. The smallest absolute Gasteiger partial charge is 0.337 e. The summed E-state index contributed by atoms with van der Waals surface area (Å²) in [6.07, 6.45) is 4.23. The number of methoxy groups -OCH3 is 1. The Morgan fingerprint density at radius 2 is 1.41 bits per heavy atom. The molecule has 0 saturated carbocycles. The summed E-state index contributed by atoms with van der Waals surface area (Å²) in [5.41, 5.74) is 6.31. The minimum atomic E-state index is -0.583. The van der Waals surface area contributed by atoms with E-state index in [2.05, 4.69) is 58.9 Å². The van der Waals surface area contributed by atoms with Crippen LogP contribution < -0.4 is 0 Å². The van der Waals surface area contributed by atoms with Crippen LogP contribution in [-0.2, 0) is 25.0 Å². The molecule has 1 aliphatic heterocycles. The lowest BCUT2D eigenvalue weighted by Gasteiger charge is -2.48. The Hall–Kier alpha value is -2.43. The standard InChI is InChI=1S/C28H34O4/c1-17-15-21-22(27(4,5)24-23(26(21,2)3)31-28(6,7)32-24)16-20(17)14-11-18-9-12-19(13-10-18)25(29)30-8/h9-16,23-24H,1-8H3/t23-,24-/m1/s1. The van der Waals surface area contributed by atoms with Crippen LogP contribution in [0.3, 0.4) is 0 Å². The maximum Gasteiger partial charge on any atom is 0.337 e. The molecule has 1 aliphatic carbocycles. The van der Waals surface area contributed by atoms with Crippen molar-refractivity contribution in [3.8, 4) is 0 Å². The van der Waals surface area contributed by atoms with E-state index in [1.807, 2.05) is 26.0 Å². The number of carbonyl (C=O) groups excluding carboxylic acids is 1. The lowest BCUT2D eigenvalue weighted by atomic mass is 9.59. The normalized spacial score (nSPS) is 24.8. The summed E-state index contributed by atoms with van der Waals surface area (Å²) in [5, 5.41) is 0. The first-order valence-corrected chi connectivity index (χ1v) is 11.2. The monoisotopic (exact) mass is 434 g/mol. The number of carbonyl (C=O) groups is 1. The van der Waals surface area contributed by atoms with Gasteiger partial charge in [-0.15, -0.1) is 0 Å². The molecule has 2 aromatic carbocycles. The van der Waals surface area contributed by atoms with Crippen molar-refractivity contribution in [2.45, 2.75) is 77.3 Å². The van der Waals surface area contributed by atoms with E-state index >= 15 is 0 Å². The summed E-state index contributed by atoms with van der Waals surface area (Å²) in [7, 11) is 1.39. The first kappa shape index (κ1) is 22.8. The van der Waals surface area contributed by atoms with Gasteiger partial charge in [0.05, 0.1) is 24.9 Å². The van der Waals surface area contributed by atoms with Crippen molar-refractivity contribution >= 4 is 18.1 Å². The van der Waals surface area contributed by atoms with E-state index in [4.69, 9.17) is 14.2 Å². The second-order valence-corrected chi connectivity index (χ2v) is 10.6. The van der Waals surface area contributed by atoms with Crippen molar-refractivity contribution in [2.75, 3.05) is 7.11 Å². The Balaban J connectivity index is 1.71. The fourth-order valence-electron chi connectivity index (χ4n) is 5.13. The highest BCUT2D eigenvalue weighted by atomic mass is 16.8. The predicted molar refractivity (Wildman–Crippen MR) is 128 cm³/mol. The summed E-state index contributed by atoms with van der Waals surface area (Å²) in [6.45, 7) is 15.2. The van der Waals surface area contributed by atoms with E-state index in [0.29, 0.717) is 5.56 Å². The highest BCUT2D eigenvalue weighted by molar-refractivity contribution is 5.89. The fourth-order valence-corrected chi connectivity index (χ4v) is 5.13. The summed E-state index contributed by atoms with van der Waals surface area (Å²) in [5.74, 6) is -0.907. The molecule has 2 aliphatic rings. The van der Waals surface area contributed by atoms with Gasteiger partial charge in [-0.3, -0.25) is 0 Å². The zero-order valence-electron chi connectivity index (χ0n) is 20.4. The highest BCUT2D eigenvalue weighted by Gasteiger charge is 2.59. The molecule has 1 heterocycles. The predicted octanol–water partition coefficient (Wildman–Crippen LogP) is 6.04. The van der Waals surface area contributed by atoms with Gasteiger partial charge in [0.25, 0.3) is 0 Å². The second kappa shape index (κ2) is 7.57. The van der Waals surface area contributed by atoms with Crippen molar-refractivity contribution in [2.24, 2.45) is 0 Å². The van der Waals surface area contributed by atoms with E-state index in [1.54, 1.807) is 12.1 Å². The van der Waals surface area contributed by atoms with Gasteiger partial charge in [-0.1, -0.05) is 64.1 Å². The summed E-state index contributed by atoms with van der Waals surface area (Å²) < 4.78 is 17.6. The van der Waals surface area contributed by atoms with Gasteiger partial charge < -0.3 is 14.2 Å². The third kappa shape index (κ3) is 3.70. The Bertz CT molecular complexity index is 1070. The lowest BCUT2D eigenvalue weighted by Crippen LogP contribution is -2.54. The molecule has 1 fully saturated rings. The molecule has 0 aromatic heterocycles. The SMILES string of the molecule is COC(=O)c1ccc(C=Cc2cc3c(cc2C)C(C)(C)[C@@H]2OC(C)(C)O[C@H]2C3(C)C)cc1. The van der Waals surface area contributed by atoms with Gasteiger partial charge in [0, 0.05) is 10.8 Å². The molecule has 2 atom stereocenters. The summed E-state index contributed by atoms with van der Waals surface area (Å²) in [6, 6.07) is 12.1. The van der Waals surface area contributed by atoms with Crippen LogP contribution in [0.25, 0.3) is 12.2 Å². The Morgan fingerprint density at radius 1 is 0.875 bits per heavy atom. The molecule has 1 saturated heterocycles. The molecular weight excluding hydrogens is 400 g/mol. The van der Waals surface area contributed by atoms with Gasteiger partial charge >= 0.3 is 5.97 Å². The molecule has 4 rings (SSSR count). The van der Waals surface area contributed by atoms with E-state index < -0.39 is 5.79 Å². The Labute approximate surface area is 191 Å². The van der Waals surface area contributed by atoms with E-state index in [1.165, 1.54) is 29.4 Å². The number of hydrogen-bond donors (Lipinski definition) is 0. The molecular formula is C28H34O4. The highest BCUT2D eigenvalue weighted by Crippen LogP contribution is 2.53. The van der Waals surface area contributed by atoms with Crippen molar-refractivity contribution in [1.82, 2.24) is 0 Å². The average Bonchev–Trinajstić information content (AvgIpc) is 3.09. The third-order valence-corrected chi connectivity index (χ3v) is 7.10. The lowest BCUT2D eigenvalue weighted by molar-refractivity contribution is -0.153. The van der Waals surface area contributed by atoms with Gasteiger partial charge in [-0.2, -0.15) is 0 Å². The minimum Gasteiger partial charge on any atom is -0.465 e. The van der Waals surface area contributed by atoms with Gasteiger partial charge in [0.1, 0.15) is 0 Å². The molecule has 4 heteroatoms. The van der Waals surface area contributed by atoms with E-state index in [0.717, 1.165) is 5.56 Å². The van der Waals surface area contributed by atoms with Crippen molar-refractivity contribution < 1.29 is 19.0 Å². The van der Waals surface area contributed by atoms with Crippen molar-refractivity contribution in [3.63, 3.8) is 0 Å². The van der Waals surface area contributed by atoms with Crippen LogP contribution in [0.5, 0.6) is 0 Å². The summed E-state index contributed by atoms with van der Waals surface area (Å²) in [4.78, 5) is 11.7. The van der Waals surface area contributed by atoms with Crippen LogP contribution >= 0.6 is 0 Å². The van der Waals surface area contributed by atoms with Gasteiger partial charge in [0.2, 0.25) is 0 Å². The Kier molecular flexibility index (Phi) is 5.38. The first-order valence-electron chi connectivity index (χ1n) is 11.2. The second-order valence-electron chi connectivity index (χ2n) is 10.6. The maximum absolute atomic E-state index is 11.7. The zero-order valence-corrected chi connectivity index (χ0v) is 20.4. The molecule has 0 amide bonds. The van der Waals surface area contributed by atoms with Crippen LogP contribution in [0, 0.1) is 6.92 Å². The molecule has 0 radical (unpaired) electrons. The van der Waals surface area contributed by atoms with Crippen LogP contribution in [-0.4, -0.2) is 31.1 Å². The quantitative estimate of drug-likeness (QED) is 0.436. The van der Waals surface area contributed by atoms with Crippen LogP contribution in [0.1, 0.15) is 79.7 Å². The number of aryl methyl sites for hydroxylation is 1. The van der Waals surface area contributed by atoms with E-state index in [-0.39, 0.29) is 29.0 Å². The number of benzene rings is 2. The number of ether oxygens (including phenoxy) is 3. The molecule has 0 bridgehead atoms. The molecule has 170 valence electrons. The largest absolute Gasteiger partial charge is 0.465 e. The maximum atomic E-state index is 11.7. The zero-order chi connectivity index (χ0) is 23.5. The number of esters is 1. The van der Waals surface area contributed by atoms with E-state index in [9.17, 15) is 4.79 Å². The Morgan fingerprint density at radius 3 is 1.94 bits per heavy atom. The fraction of sp³-hybridized carbons (Fsp3) is 0.464. The number of hydrogen-bond acceptors (Lipinski definition) is 4.